The smallest absolute Gasteiger partial charge is 0.134 e. The molecule has 282 valence electrons. The molecule has 0 amide bonds. The molecule has 0 fully saturated rings. The van der Waals surface area contributed by atoms with Crippen LogP contribution in [0.25, 0.3) is 71.9 Å². The highest BCUT2D eigenvalue weighted by Crippen LogP contribution is 2.50. The van der Waals surface area contributed by atoms with Crippen LogP contribution in [0.2, 0.25) is 0 Å². The summed E-state index contributed by atoms with van der Waals surface area (Å²) in [6, 6.07) is 62.8. The molecular formula is C56H38N4. The maximum atomic E-state index is 5.36. The van der Waals surface area contributed by atoms with Gasteiger partial charge in [-0.2, -0.15) is 0 Å². The van der Waals surface area contributed by atoms with E-state index in [0.717, 1.165) is 67.0 Å². The zero-order valence-electron chi connectivity index (χ0n) is 32.7. The first-order valence-electron chi connectivity index (χ1n) is 20.7. The van der Waals surface area contributed by atoms with Gasteiger partial charge < -0.3 is 5.32 Å². The van der Waals surface area contributed by atoms with Gasteiger partial charge in [0, 0.05) is 39.3 Å². The molecule has 7 aromatic carbocycles. The number of amidine groups is 1. The van der Waals surface area contributed by atoms with Crippen molar-refractivity contribution in [1.82, 2.24) is 15.3 Å². The van der Waals surface area contributed by atoms with Crippen molar-refractivity contribution < 1.29 is 0 Å². The minimum absolute atomic E-state index is 0.0604. The lowest BCUT2D eigenvalue weighted by Gasteiger charge is -2.34. The molecule has 0 saturated heterocycles. The van der Waals surface area contributed by atoms with E-state index < -0.39 is 0 Å². The summed E-state index contributed by atoms with van der Waals surface area (Å²) in [7, 11) is 0. The van der Waals surface area contributed by atoms with Gasteiger partial charge in [0.1, 0.15) is 5.84 Å². The molecule has 3 heterocycles. The van der Waals surface area contributed by atoms with Crippen LogP contribution < -0.4 is 5.32 Å². The van der Waals surface area contributed by atoms with Crippen LogP contribution in [0, 0.1) is 0 Å². The highest BCUT2D eigenvalue weighted by Gasteiger charge is 2.32. The fourth-order valence-electron chi connectivity index (χ4n) is 9.43. The Kier molecular flexibility index (Phi) is 8.02. The highest BCUT2D eigenvalue weighted by molar-refractivity contribution is 6.06. The number of hydrogen-bond acceptors (Lipinski definition) is 4. The van der Waals surface area contributed by atoms with Gasteiger partial charge in [-0.3, -0.25) is 0 Å². The van der Waals surface area contributed by atoms with Crippen molar-refractivity contribution in [2.24, 2.45) is 4.99 Å². The maximum Gasteiger partial charge on any atom is 0.134 e. The first-order valence-corrected chi connectivity index (χ1v) is 20.7. The maximum absolute atomic E-state index is 5.36. The van der Waals surface area contributed by atoms with Crippen LogP contribution in [0.3, 0.4) is 0 Å². The van der Waals surface area contributed by atoms with Crippen molar-refractivity contribution in [3.63, 3.8) is 0 Å². The summed E-state index contributed by atoms with van der Waals surface area (Å²) >= 11 is 0. The molecule has 3 atom stereocenters. The number of aliphatic imine (C=N–C) groups is 1. The van der Waals surface area contributed by atoms with E-state index in [1.807, 2.05) is 6.07 Å². The Morgan fingerprint density at radius 1 is 0.417 bits per heavy atom. The third kappa shape index (κ3) is 5.87. The molecule has 0 radical (unpaired) electrons. The van der Waals surface area contributed by atoms with E-state index in [2.05, 4.69) is 206 Å². The minimum Gasteiger partial charge on any atom is -0.359 e. The summed E-state index contributed by atoms with van der Waals surface area (Å²) < 4.78 is 0. The predicted molar refractivity (Wildman–Crippen MR) is 248 cm³/mol. The zero-order valence-corrected chi connectivity index (χ0v) is 32.7. The Bertz CT molecular complexity index is 3320. The molecule has 0 saturated carbocycles. The largest absolute Gasteiger partial charge is 0.359 e. The summed E-state index contributed by atoms with van der Waals surface area (Å²) in [4.78, 5) is 15.9. The Labute approximate surface area is 348 Å². The Hall–Kier alpha value is -7.69. The lowest BCUT2D eigenvalue weighted by molar-refractivity contribution is 0.720. The van der Waals surface area contributed by atoms with Crippen LogP contribution in [0.4, 0.5) is 0 Å². The minimum atomic E-state index is -0.0604. The van der Waals surface area contributed by atoms with Gasteiger partial charge in [-0.15, -0.1) is 0 Å². The van der Waals surface area contributed by atoms with E-state index in [4.69, 9.17) is 15.0 Å². The van der Waals surface area contributed by atoms with Gasteiger partial charge in [0.15, 0.2) is 0 Å². The molecule has 9 aromatic rings. The van der Waals surface area contributed by atoms with E-state index in [-0.39, 0.29) is 6.04 Å². The Balaban J connectivity index is 0.919. The van der Waals surface area contributed by atoms with Crippen LogP contribution in [0.15, 0.2) is 211 Å². The number of aromatic nitrogens is 2. The van der Waals surface area contributed by atoms with Crippen LogP contribution in [0.5, 0.6) is 0 Å². The molecule has 60 heavy (non-hydrogen) atoms. The van der Waals surface area contributed by atoms with Crippen LogP contribution in [-0.4, -0.2) is 15.8 Å². The summed E-state index contributed by atoms with van der Waals surface area (Å²) in [5, 5.41) is 8.35. The number of nitrogens with one attached hydrogen (secondary N) is 1. The molecule has 2 aromatic heterocycles. The molecule has 4 nitrogen and oxygen atoms in total. The van der Waals surface area contributed by atoms with Gasteiger partial charge >= 0.3 is 0 Å². The molecule has 1 aliphatic heterocycles. The van der Waals surface area contributed by atoms with Crippen LogP contribution in [-0.2, 0) is 0 Å². The molecule has 3 unspecified atom stereocenters. The van der Waals surface area contributed by atoms with Gasteiger partial charge in [-0.1, -0.05) is 170 Å². The van der Waals surface area contributed by atoms with Crippen molar-refractivity contribution in [2.45, 2.75) is 17.9 Å². The van der Waals surface area contributed by atoms with Gasteiger partial charge in [0.05, 0.1) is 34.2 Å². The number of allylic oxidation sites excluding steroid dienone is 4. The van der Waals surface area contributed by atoms with Gasteiger partial charge in [0.25, 0.3) is 0 Å². The van der Waals surface area contributed by atoms with Crippen molar-refractivity contribution in [3.8, 4) is 33.6 Å². The average Bonchev–Trinajstić information content (AvgIpc) is 3.33. The van der Waals surface area contributed by atoms with Gasteiger partial charge in [-0.05, 0) is 80.6 Å². The first kappa shape index (κ1) is 34.4. The number of rotatable bonds is 5. The number of hydrogen-bond donors (Lipinski definition) is 1. The standard InChI is InChI=1S/C56H38N4/c1-2-12-36(13-3-1)52-34-53(41-24-21-35-11-4-5-14-39(35)31-41)60-56(59-52)43-16-10-15-40(32-43)50-29-26-37-22-23-38-27-30-51(58-55(38)54(37)57-50)42-25-28-48-46-19-7-6-17-44(46)45-18-8-9-20-47(45)49(48)33-42/h1-34,45,47,53H,(H,59,60). The van der Waals surface area contributed by atoms with E-state index in [1.54, 1.807) is 0 Å². The summed E-state index contributed by atoms with van der Waals surface area (Å²) in [6.07, 6.45) is 11.3. The Morgan fingerprint density at radius 2 is 1.03 bits per heavy atom. The summed E-state index contributed by atoms with van der Waals surface area (Å²) in [5.41, 5.74) is 15.4. The normalized spacial score (nSPS) is 17.7. The lowest BCUT2D eigenvalue weighted by atomic mass is 9.69. The third-order valence-electron chi connectivity index (χ3n) is 12.5. The fraction of sp³-hybridized carbons (Fsp3) is 0.0536. The lowest BCUT2D eigenvalue weighted by Crippen LogP contribution is -2.31. The monoisotopic (exact) mass is 766 g/mol. The number of pyridine rings is 2. The SMILES string of the molecule is C1=CC2c3ccccc3-c3ccc(-c4ccc5ccc6ccc(-c7cccc(C8=NC(c9ccccc9)=CC(c9ccc%10ccccc%10c9)N8)c7)nc6c5n4)cc3C2C=C1. The third-order valence-corrected chi connectivity index (χ3v) is 12.5. The quantitative estimate of drug-likeness (QED) is 0.178. The van der Waals surface area contributed by atoms with E-state index >= 15 is 0 Å². The fourth-order valence-corrected chi connectivity index (χ4v) is 9.43. The zero-order chi connectivity index (χ0) is 39.6. The molecular weight excluding hydrogens is 729 g/mol. The molecule has 0 bridgehead atoms. The van der Waals surface area contributed by atoms with Crippen molar-refractivity contribution >= 4 is 44.1 Å². The van der Waals surface area contributed by atoms with E-state index in [1.165, 1.54) is 38.6 Å². The number of fused-ring (bicyclic) bond motifs is 10. The second-order valence-corrected chi connectivity index (χ2v) is 16.0. The summed E-state index contributed by atoms with van der Waals surface area (Å²) in [5.74, 6) is 1.45. The van der Waals surface area contributed by atoms with Crippen LogP contribution in [0.1, 0.15) is 45.7 Å². The van der Waals surface area contributed by atoms with E-state index in [0.29, 0.717) is 11.8 Å². The number of benzene rings is 7. The van der Waals surface area contributed by atoms with Crippen molar-refractivity contribution in [2.75, 3.05) is 0 Å². The number of nitrogens with zero attached hydrogens (tertiary/aromatic N) is 3. The van der Waals surface area contributed by atoms with E-state index in [9.17, 15) is 0 Å². The highest BCUT2D eigenvalue weighted by atomic mass is 15.0. The molecule has 1 N–H and O–H groups in total. The van der Waals surface area contributed by atoms with Crippen molar-refractivity contribution in [3.05, 3.63) is 234 Å². The Morgan fingerprint density at radius 3 is 1.83 bits per heavy atom. The molecule has 3 aliphatic rings. The van der Waals surface area contributed by atoms with Crippen LogP contribution >= 0.6 is 0 Å². The second kappa shape index (κ2) is 14.0. The first-order chi connectivity index (χ1) is 29.7. The molecule has 12 rings (SSSR count). The topological polar surface area (TPSA) is 50.2 Å². The van der Waals surface area contributed by atoms with Gasteiger partial charge in [0.2, 0.25) is 0 Å². The predicted octanol–water partition coefficient (Wildman–Crippen LogP) is 13.4. The molecule has 4 heteroatoms. The average molecular weight is 767 g/mol. The second-order valence-electron chi connectivity index (χ2n) is 16.0. The van der Waals surface area contributed by atoms with Gasteiger partial charge in [-0.25, -0.2) is 15.0 Å². The van der Waals surface area contributed by atoms with Crippen molar-refractivity contribution in [1.29, 1.82) is 0 Å². The molecule has 0 spiro atoms. The summed E-state index contributed by atoms with van der Waals surface area (Å²) in [6.45, 7) is 0. The molecule has 2 aliphatic carbocycles.